The molecule has 1 N–H and O–H groups in total. The molecular formula is C18H20ClNO6. The molecule has 1 aromatic carbocycles. The molecule has 7 nitrogen and oxygen atoms in total. The van der Waals surface area contributed by atoms with E-state index in [1.807, 2.05) is 6.92 Å². The zero-order valence-electron chi connectivity index (χ0n) is 14.9. The first-order valence-corrected chi connectivity index (χ1v) is 8.29. The smallest absolute Gasteiger partial charge is 0.464 e. The van der Waals surface area contributed by atoms with Crippen molar-refractivity contribution in [1.82, 2.24) is 0 Å². The van der Waals surface area contributed by atoms with E-state index in [9.17, 15) is 9.59 Å². The van der Waals surface area contributed by atoms with Crippen LogP contribution < -0.4 is 10.1 Å². The third-order valence-corrected chi connectivity index (χ3v) is 3.78. The van der Waals surface area contributed by atoms with Gasteiger partial charge in [-0.1, -0.05) is 11.6 Å². The van der Waals surface area contributed by atoms with Gasteiger partial charge in [0.05, 0.1) is 13.7 Å². The van der Waals surface area contributed by atoms with Crippen molar-refractivity contribution in [3.63, 3.8) is 0 Å². The summed E-state index contributed by atoms with van der Waals surface area (Å²) in [5.74, 6) is 0.208. The highest BCUT2D eigenvalue weighted by Gasteiger charge is 2.28. The normalized spacial score (nSPS) is 11.6. The predicted molar refractivity (Wildman–Crippen MR) is 95.7 cm³/mol. The topological polar surface area (TPSA) is 87.0 Å². The van der Waals surface area contributed by atoms with Gasteiger partial charge in [-0.25, -0.2) is 9.59 Å². The molecule has 0 aliphatic heterocycles. The molecule has 8 heteroatoms. The fraction of sp³-hybridized carbons (Fsp3) is 0.333. The van der Waals surface area contributed by atoms with E-state index in [2.05, 4.69) is 10.1 Å². The van der Waals surface area contributed by atoms with Crippen molar-refractivity contribution in [1.29, 1.82) is 0 Å². The molecule has 2 rings (SSSR count). The largest absolute Gasteiger partial charge is 0.513 e. The second kappa shape index (κ2) is 8.62. The van der Waals surface area contributed by atoms with Gasteiger partial charge in [-0.05, 0) is 44.5 Å². The van der Waals surface area contributed by atoms with Gasteiger partial charge >= 0.3 is 12.1 Å². The fourth-order valence-corrected chi connectivity index (χ4v) is 2.51. The Bertz CT molecular complexity index is 801. The van der Waals surface area contributed by atoms with Gasteiger partial charge in [-0.15, -0.1) is 0 Å². The van der Waals surface area contributed by atoms with Gasteiger partial charge in [-0.2, -0.15) is 0 Å². The van der Waals surface area contributed by atoms with E-state index >= 15 is 0 Å². The quantitative estimate of drug-likeness (QED) is 0.741. The summed E-state index contributed by atoms with van der Waals surface area (Å²) < 4.78 is 20.2. The van der Waals surface area contributed by atoms with Gasteiger partial charge in [0.15, 0.2) is 11.8 Å². The Morgan fingerprint density at radius 3 is 2.62 bits per heavy atom. The summed E-state index contributed by atoms with van der Waals surface area (Å²) in [6, 6.07) is 5.75. The molecule has 0 spiro atoms. The molecule has 1 aromatic heterocycles. The van der Waals surface area contributed by atoms with E-state index in [0.717, 1.165) is 5.56 Å². The first-order valence-electron chi connectivity index (χ1n) is 7.91. The summed E-state index contributed by atoms with van der Waals surface area (Å²) in [4.78, 5) is 23.7. The van der Waals surface area contributed by atoms with Gasteiger partial charge in [0, 0.05) is 16.8 Å². The number of carbonyl (C=O) groups excluding carboxylic acids is 2. The molecule has 0 amide bonds. The Kier molecular flexibility index (Phi) is 6.52. The number of ether oxygens (including phenoxy) is 3. The maximum atomic E-state index is 12.4. The van der Waals surface area contributed by atoms with Gasteiger partial charge in [0.25, 0.3) is 0 Å². The van der Waals surface area contributed by atoms with Crippen LogP contribution in [0.15, 0.2) is 28.7 Å². The summed E-state index contributed by atoms with van der Waals surface area (Å²) in [5, 5.41) is 3.67. The van der Waals surface area contributed by atoms with Crippen LogP contribution >= 0.6 is 11.6 Å². The minimum atomic E-state index is -0.927. The van der Waals surface area contributed by atoms with E-state index in [1.54, 1.807) is 32.0 Å². The molecule has 1 unspecified atom stereocenters. The molecule has 2 aromatic rings. The number of hydrogen-bond donors (Lipinski definition) is 1. The molecule has 26 heavy (non-hydrogen) atoms. The number of nitrogens with one attached hydrogen (secondary N) is 1. The number of rotatable bonds is 6. The zero-order valence-corrected chi connectivity index (χ0v) is 15.7. The Balaban J connectivity index is 2.34. The predicted octanol–water partition coefficient (Wildman–Crippen LogP) is 4.41. The number of halogens is 1. The molecule has 0 bridgehead atoms. The van der Waals surface area contributed by atoms with E-state index in [0.29, 0.717) is 16.5 Å². The van der Waals surface area contributed by atoms with Crippen molar-refractivity contribution in [3.8, 4) is 5.75 Å². The SMILES string of the molecule is CCOC(=O)C(Nc1ccc(Cl)cc1C)c1cc(OC(=O)OC)c(C)o1. The first kappa shape index (κ1) is 19.7. The highest BCUT2D eigenvalue weighted by Crippen LogP contribution is 2.31. The summed E-state index contributed by atoms with van der Waals surface area (Å²) in [7, 11) is 1.20. The lowest BCUT2D eigenvalue weighted by Gasteiger charge is -2.18. The van der Waals surface area contributed by atoms with E-state index in [1.165, 1.54) is 13.2 Å². The third-order valence-electron chi connectivity index (χ3n) is 3.55. The molecule has 0 saturated carbocycles. The van der Waals surface area contributed by atoms with Gasteiger partial charge in [0.2, 0.25) is 0 Å². The van der Waals surface area contributed by atoms with Crippen LogP contribution in [0.1, 0.15) is 30.0 Å². The van der Waals surface area contributed by atoms with E-state index in [-0.39, 0.29) is 18.1 Å². The van der Waals surface area contributed by atoms with E-state index in [4.69, 9.17) is 25.5 Å². The highest BCUT2D eigenvalue weighted by molar-refractivity contribution is 6.30. The second-order valence-corrected chi connectivity index (χ2v) is 5.85. The van der Waals surface area contributed by atoms with Crippen LogP contribution in [0, 0.1) is 13.8 Å². The van der Waals surface area contributed by atoms with Crippen LogP contribution in [0.4, 0.5) is 10.5 Å². The third kappa shape index (κ3) is 4.70. The van der Waals surface area contributed by atoms with Crippen LogP contribution in [0.5, 0.6) is 5.75 Å². The van der Waals surface area contributed by atoms with Crippen molar-refractivity contribution in [2.45, 2.75) is 26.8 Å². The van der Waals surface area contributed by atoms with Gasteiger partial charge < -0.3 is 23.9 Å². The number of carbonyl (C=O) groups is 2. The van der Waals surface area contributed by atoms with Crippen molar-refractivity contribution in [2.75, 3.05) is 19.0 Å². The number of hydrogen-bond acceptors (Lipinski definition) is 7. The average molecular weight is 382 g/mol. The Morgan fingerprint density at radius 1 is 1.27 bits per heavy atom. The lowest BCUT2D eigenvalue weighted by atomic mass is 10.1. The molecule has 0 radical (unpaired) electrons. The Morgan fingerprint density at radius 2 is 2.00 bits per heavy atom. The van der Waals surface area contributed by atoms with Gasteiger partial charge in [0.1, 0.15) is 11.5 Å². The monoisotopic (exact) mass is 381 g/mol. The fourth-order valence-electron chi connectivity index (χ4n) is 2.28. The molecule has 0 aliphatic rings. The number of methoxy groups -OCH3 is 1. The maximum absolute atomic E-state index is 12.4. The molecular weight excluding hydrogens is 362 g/mol. The molecule has 1 heterocycles. The number of benzene rings is 1. The van der Waals surface area contributed by atoms with Crippen LogP contribution in [0.2, 0.25) is 5.02 Å². The average Bonchev–Trinajstić information content (AvgIpc) is 2.94. The van der Waals surface area contributed by atoms with Crippen molar-refractivity contribution < 1.29 is 28.2 Å². The second-order valence-electron chi connectivity index (χ2n) is 5.41. The number of esters is 1. The van der Waals surface area contributed by atoms with E-state index < -0.39 is 18.2 Å². The molecule has 0 saturated heterocycles. The summed E-state index contributed by atoms with van der Waals surface area (Å²) >= 11 is 5.97. The summed E-state index contributed by atoms with van der Waals surface area (Å²) in [6.45, 7) is 5.39. The lowest BCUT2D eigenvalue weighted by molar-refractivity contribution is -0.144. The van der Waals surface area contributed by atoms with Gasteiger partial charge in [-0.3, -0.25) is 0 Å². The van der Waals surface area contributed by atoms with Crippen LogP contribution in [0.3, 0.4) is 0 Å². The standard InChI is InChI=1S/C18H20ClNO6/c1-5-24-17(21)16(20-13-7-6-12(19)8-10(13)2)15-9-14(11(3)25-15)26-18(22)23-4/h6-9,16,20H,5H2,1-4H3. The van der Waals surface area contributed by atoms with Crippen LogP contribution in [-0.4, -0.2) is 25.8 Å². The van der Waals surface area contributed by atoms with Crippen LogP contribution in [-0.2, 0) is 14.3 Å². The Labute approximate surface area is 156 Å². The highest BCUT2D eigenvalue weighted by atomic mass is 35.5. The first-order chi connectivity index (χ1) is 12.3. The molecule has 0 aliphatic carbocycles. The summed E-state index contributed by atoms with van der Waals surface area (Å²) in [6.07, 6.45) is -0.880. The van der Waals surface area contributed by atoms with Crippen molar-refractivity contribution in [2.24, 2.45) is 0 Å². The minimum Gasteiger partial charge on any atom is -0.464 e. The molecule has 1 atom stereocenters. The summed E-state index contributed by atoms with van der Waals surface area (Å²) in [5.41, 5.74) is 1.54. The zero-order chi connectivity index (χ0) is 19.3. The molecule has 0 fully saturated rings. The number of anilines is 1. The van der Waals surface area contributed by atoms with Crippen molar-refractivity contribution in [3.05, 3.63) is 46.4 Å². The number of aryl methyl sites for hydroxylation is 2. The van der Waals surface area contributed by atoms with Crippen molar-refractivity contribution >= 4 is 29.4 Å². The minimum absolute atomic E-state index is 0.163. The lowest BCUT2D eigenvalue weighted by Crippen LogP contribution is -2.23. The maximum Gasteiger partial charge on any atom is 0.513 e. The molecule has 140 valence electrons. The number of furan rings is 1. The van der Waals surface area contributed by atoms with Crippen LogP contribution in [0.25, 0.3) is 0 Å². The Hall–Kier alpha value is -2.67.